The van der Waals surface area contributed by atoms with Crippen molar-refractivity contribution in [3.63, 3.8) is 0 Å². The summed E-state index contributed by atoms with van der Waals surface area (Å²) < 4.78 is 5.27. The van der Waals surface area contributed by atoms with Crippen molar-refractivity contribution in [1.29, 1.82) is 0 Å². The molecule has 2 N–H and O–H groups in total. The van der Waals surface area contributed by atoms with E-state index >= 15 is 0 Å². The van der Waals surface area contributed by atoms with Gasteiger partial charge in [-0.05, 0) is 69.7 Å². The van der Waals surface area contributed by atoms with Crippen molar-refractivity contribution in [1.82, 2.24) is 0 Å². The lowest BCUT2D eigenvalue weighted by Gasteiger charge is -1.99. The molecule has 25 heavy (non-hydrogen) atoms. The van der Waals surface area contributed by atoms with Crippen molar-refractivity contribution in [2.24, 2.45) is 5.73 Å². The van der Waals surface area contributed by atoms with E-state index < -0.39 is 0 Å². The van der Waals surface area contributed by atoms with Crippen molar-refractivity contribution in [3.8, 4) is 0 Å². The minimum Gasteiger partial charge on any atom is -0.465 e. The molecule has 1 heterocycles. The van der Waals surface area contributed by atoms with Crippen LogP contribution < -0.4 is 5.73 Å². The van der Waals surface area contributed by atoms with Crippen LogP contribution in [0.5, 0.6) is 0 Å². The van der Waals surface area contributed by atoms with Gasteiger partial charge in [0.15, 0.2) is 0 Å². The number of rotatable bonds is 17. The first-order valence-electron chi connectivity index (χ1n) is 10.5. The number of unbranched alkanes of at least 4 members (excludes halogenated alkanes) is 12. The first-order valence-corrected chi connectivity index (χ1v) is 10.5. The van der Waals surface area contributed by atoms with Gasteiger partial charge in [0.1, 0.15) is 5.76 Å². The third kappa shape index (κ3) is 14.7. The fourth-order valence-corrected chi connectivity index (χ4v) is 2.99. The Morgan fingerprint density at radius 3 is 1.72 bits per heavy atom. The van der Waals surface area contributed by atoms with Crippen LogP contribution in [0.4, 0.5) is 0 Å². The van der Waals surface area contributed by atoms with Crippen LogP contribution >= 0.6 is 0 Å². The molecule has 0 aliphatic carbocycles. The highest BCUT2D eigenvalue weighted by Crippen LogP contribution is 2.11. The quantitative estimate of drug-likeness (QED) is 0.238. The number of nitrogens with two attached hydrogens (primary N) is 1. The first kappa shape index (κ1) is 21.8. The van der Waals surface area contributed by atoms with Crippen LogP contribution in [0.25, 0.3) is 6.08 Å². The van der Waals surface area contributed by atoms with E-state index in [2.05, 4.69) is 24.3 Å². The van der Waals surface area contributed by atoms with Gasteiger partial charge >= 0.3 is 0 Å². The zero-order valence-corrected chi connectivity index (χ0v) is 16.1. The number of furan rings is 1. The molecule has 0 bridgehead atoms. The average Bonchev–Trinajstić information content (AvgIpc) is 3.14. The molecule has 0 fully saturated rings. The topological polar surface area (TPSA) is 39.2 Å². The molecule has 0 aromatic carbocycles. The molecule has 0 aliphatic rings. The smallest absolute Gasteiger partial charge is 0.126 e. The van der Waals surface area contributed by atoms with E-state index in [1.807, 2.05) is 12.1 Å². The van der Waals surface area contributed by atoms with Crippen LogP contribution in [-0.2, 0) is 0 Å². The molecule has 2 heteroatoms. The highest BCUT2D eigenvalue weighted by atomic mass is 16.3. The minimum absolute atomic E-state index is 0.853. The maximum atomic E-state index is 5.50. The van der Waals surface area contributed by atoms with Crippen molar-refractivity contribution in [3.05, 3.63) is 42.4 Å². The van der Waals surface area contributed by atoms with Crippen LogP contribution in [-0.4, -0.2) is 6.54 Å². The lowest BCUT2D eigenvalue weighted by atomic mass is 10.1. The number of hydrogen-bond acceptors (Lipinski definition) is 2. The SMILES string of the molecule is NCCCCCCCCC=CCCCCCCCC=Cc1ccco1. The molecular weight excluding hydrogens is 306 g/mol. The van der Waals surface area contributed by atoms with Crippen LogP contribution in [0, 0.1) is 0 Å². The maximum absolute atomic E-state index is 5.50. The second-order valence-corrected chi connectivity index (χ2v) is 6.93. The predicted molar refractivity (Wildman–Crippen MR) is 111 cm³/mol. The lowest BCUT2D eigenvalue weighted by molar-refractivity contribution is 0.556. The summed E-state index contributed by atoms with van der Waals surface area (Å²) in [5.41, 5.74) is 5.50. The predicted octanol–water partition coefficient (Wildman–Crippen LogP) is 7.27. The fraction of sp³-hybridized carbons (Fsp3) is 0.652. The van der Waals surface area contributed by atoms with E-state index in [0.29, 0.717) is 0 Å². The maximum Gasteiger partial charge on any atom is 0.126 e. The van der Waals surface area contributed by atoms with Gasteiger partial charge in [-0.15, -0.1) is 0 Å². The van der Waals surface area contributed by atoms with Gasteiger partial charge in [-0.2, -0.15) is 0 Å². The van der Waals surface area contributed by atoms with Crippen molar-refractivity contribution in [2.45, 2.75) is 89.9 Å². The summed E-state index contributed by atoms with van der Waals surface area (Å²) in [6, 6.07) is 3.92. The Hall–Kier alpha value is -1.28. The van der Waals surface area contributed by atoms with Gasteiger partial charge in [-0.3, -0.25) is 0 Å². The molecule has 1 aromatic rings. The average molecular weight is 346 g/mol. The zero-order chi connectivity index (χ0) is 17.8. The Bertz CT molecular complexity index is 419. The Kier molecular flexibility index (Phi) is 15.3. The van der Waals surface area contributed by atoms with Crippen molar-refractivity contribution in [2.75, 3.05) is 6.54 Å². The second kappa shape index (κ2) is 17.5. The third-order valence-electron chi connectivity index (χ3n) is 4.56. The largest absolute Gasteiger partial charge is 0.465 e. The summed E-state index contributed by atoms with van der Waals surface area (Å²) in [6.07, 6.45) is 29.2. The summed E-state index contributed by atoms with van der Waals surface area (Å²) in [6.45, 7) is 0.853. The van der Waals surface area contributed by atoms with E-state index in [4.69, 9.17) is 10.2 Å². The Morgan fingerprint density at radius 1 is 0.680 bits per heavy atom. The number of allylic oxidation sites excluding steroid dienone is 3. The molecule has 142 valence electrons. The van der Waals surface area contributed by atoms with Crippen LogP contribution in [0.15, 0.2) is 41.0 Å². The molecule has 0 aliphatic heterocycles. The molecule has 1 aromatic heterocycles. The van der Waals surface area contributed by atoms with Crippen LogP contribution in [0.3, 0.4) is 0 Å². The van der Waals surface area contributed by atoms with E-state index in [9.17, 15) is 0 Å². The first-order chi connectivity index (χ1) is 12.4. The highest BCUT2D eigenvalue weighted by molar-refractivity contribution is 5.41. The Balaban J connectivity index is 1.75. The molecule has 1 rings (SSSR count). The van der Waals surface area contributed by atoms with Crippen molar-refractivity contribution < 1.29 is 4.42 Å². The Labute approximate surface area is 155 Å². The highest BCUT2D eigenvalue weighted by Gasteiger charge is 1.91. The normalized spacial score (nSPS) is 11.9. The molecular formula is C23H39NO. The molecule has 0 spiro atoms. The summed E-state index contributed by atoms with van der Waals surface area (Å²) in [5.74, 6) is 0.957. The standard InChI is InChI=1S/C23H39NO/c24-21-17-15-13-11-9-7-5-3-1-2-4-6-8-10-12-14-16-19-23-20-18-22-25-23/h1,3,16,18-20,22H,2,4-15,17,21,24H2. The molecule has 2 nitrogen and oxygen atoms in total. The van der Waals surface area contributed by atoms with Crippen molar-refractivity contribution >= 4 is 6.08 Å². The molecule has 0 radical (unpaired) electrons. The van der Waals surface area contributed by atoms with Gasteiger partial charge in [-0.1, -0.05) is 63.2 Å². The lowest BCUT2D eigenvalue weighted by Crippen LogP contribution is -1.97. The summed E-state index contributed by atoms with van der Waals surface area (Å²) in [4.78, 5) is 0. The third-order valence-corrected chi connectivity index (χ3v) is 4.56. The molecule has 0 saturated carbocycles. The molecule has 0 amide bonds. The van der Waals surface area contributed by atoms with Gasteiger partial charge in [0.2, 0.25) is 0 Å². The molecule has 0 unspecified atom stereocenters. The van der Waals surface area contributed by atoms with E-state index in [1.165, 1.54) is 83.5 Å². The number of hydrogen-bond donors (Lipinski definition) is 1. The van der Waals surface area contributed by atoms with Crippen LogP contribution in [0.2, 0.25) is 0 Å². The summed E-state index contributed by atoms with van der Waals surface area (Å²) >= 11 is 0. The van der Waals surface area contributed by atoms with E-state index in [-0.39, 0.29) is 0 Å². The van der Waals surface area contributed by atoms with Gasteiger partial charge in [0, 0.05) is 0 Å². The van der Waals surface area contributed by atoms with Gasteiger partial charge < -0.3 is 10.2 Å². The second-order valence-electron chi connectivity index (χ2n) is 6.93. The summed E-state index contributed by atoms with van der Waals surface area (Å²) in [7, 11) is 0. The zero-order valence-electron chi connectivity index (χ0n) is 16.1. The minimum atomic E-state index is 0.853. The fourth-order valence-electron chi connectivity index (χ4n) is 2.99. The molecule has 0 saturated heterocycles. The van der Waals surface area contributed by atoms with Gasteiger partial charge in [-0.25, -0.2) is 0 Å². The summed E-state index contributed by atoms with van der Waals surface area (Å²) in [5, 5.41) is 0. The van der Waals surface area contributed by atoms with Gasteiger partial charge in [0.25, 0.3) is 0 Å². The van der Waals surface area contributed by atoms with E-state index in [1.54, 1.807) is 6.26 Å². The Morgan fingerprint density at radius 2 is 1.20 bits per heavy atom. The molecule has 0 atom stereocenters. The van der Waals surface area contributed by atoms with Crippen LogP contribution in [0.1, 0.15) is 95.7 Å². The van der Waals surface area contributed by atoms with Gasteiger partial charge in [0.05, 0.1) is 6.26 Å². The van der Waals surface area contributed by atoms with E-state index in [0.717, 1.165) is 18.7 Å². The monoisotopic (exact) mass is 345 g/mol.